The van der Waals surface area contributed by atoms with Crippen molar-refractivity contribution in [3.8, 4) is 0 Å². The Morgan fingerprint density at radius 2 is 1.76 bits per heavy atom. The molecule has 0 bridgehead atoms. The summed E-state index contributed by atoms with van der Waals surface area (Å²) in [5, 5.41) is 3.72. The highest BCUT2D eigenvalue weighted by Gasteiger charge is 2.14. The Morgan fingerprint density at radius 1 is 1.08 bits per heavy atom. The van der Waals surface area contributed by atoms with Gasteiger partial charge in [0.15, 0.2) is 0 Å². The lowest BCUT2D eigenvalue weighted by molar-refractivity contribution is -0.121. The zero-order valence-electron chi connectivity index (χ0n) is 14.1. The topological polar surface area (TPSA) is 77.1 Å². The van der Waals surface area contributed by atoms with E-state index in [-0.39, 0.29) is 18.4 Å². The van der Waals surface area contributed by atoms with E-state index in [1.165, 1.54) is 5.56 Å². The number of benzene rings is 2. The highest BCUT2D eigenvalue weighted by molar-refractivity contribution is 6.06. The molecule has 0 unspecified atom stereocenters. The van der Waals surface area contributed by atoms with E-state index in [4.69, 9.17) is 5.73 Å². The summed E-state index contributed by atoms with van der Waals surface area (Å²) in [7, 11) is 0. The fraction of sp³-hybridized carbons (Fsp3) is 0.200. The van der Waals surface area contributed by atoms with Crippen molar-refractivity contribution in [1.29, 1.82) is 0 Å². The van der Waals surface area contributed by atoms with Crippen molar-refractivity contribution in [3.63, 3.8) is 0 Å². The number of aromatic nitrogens is 1. The van der Waals surface area contributed by atoms with Gasteiger partial charge in [-0.1, -0.05) is 55.5 Å². The molecule has 2 aromatic carbocycles. The Morgan fingerprint density at radius 3 is 2.48 bits per heavy atom. The maximum Gasteiger partial charge on any atom is 0.250 e. The van der Waals surface area contributed by atoms with Crippen LogP contribution < -0.4 is 11.1 Å². The Kier molecular flexibility index (Phi) is 4.84. The molecule has 128 valence electrons. The number of nitrogens with one attached hydrogen (secondary N) is 1. The van der Waals surface area contributed by atoms with Gasteiger partial charge in [0.1, 0.15) is 6.54 Å². The van der Waals surface area contributed by atoms with Gasteiger partial charge in [0.2, 0.25) is 5.91 Å². The van der Waals surface area contributed by atoms with Crippen LogP contribution in [0.15, 0.2) is 60.8 Å². The predicted octanol–water partition coefficient (Wildman–Crippen LogP) is 2.66. The summed E-state index contributed by atoms with van der Waals surface area (Å²) in [6.45, 7) is 2.78. The number of carbonyl (C=O) groups excluding carboxylic acids is 2. The number of nitrogens with zero attached hydrogens (tertiary/aromatic N) is 1. The number of nitrogens with two attached hydrogens (primary N) is 1. The fourth-order valence-electron chi connectivity index (χ4n) is 2.95. The number of amides is 2. The average molecular weight is 335 g/mol. The van der Waals surface area contributed by atoms with Crippen molar-refractivity contribution < 1.29 is 9.59 Å². The average Bonchev–Trinajstić information content (AvgIpc) is 2.99. The lowest BCUT2D eigenvalue weighted by Crippen LogP contribution is -2.30. The number of para-hydroxylation sites is 1. The standard InChI is InChI=1S/C20H21N3O2/c1-14(15-7-3-2-4-8-15)11-22-19(24)13-23-12-17(20(21)25)16-9-5-6-10-18(16)23/h2-10,12,14H,11,13H2,1H3,(H2,21,25)(H,22,24)/t14-/m0/s1. The van der Waals surface area contributed by atoms with Crippen LogP contribution in [0, 0.1) is 0 Å². The summed E-state index contributed by atoms with van der Waals surface area (Å²) >= 11 is 0. The van der Waals surface area contributed by atoms with Gasteiger partial charge in [-0.2, -0.15) is 0 Å². The summed E-state index contributed by atoms with van der Waals surface area (Å²) in [5.41, 5.74) is 7.87. The lowest BCUT2D eigenvalue weighted by atomic mass is 10.0. The lowest BCUT2D eigenvalue weighted by Gasteiger charge is -2.13. The van der Waals surface area contributed by atoms with Crippen LogP contribution >= 0.6 is 0 Å². The molecule has 0 saturated heterocycles. The van der Waals surface area contributed by atoms with Crippen molar-refractivity contribution >= 4 is 22.7 Å². The molecule has 0 spiro atoms. The maximum absolute atomic E-state index is 12.3. The van der Waals surface area contributed by atoms with E-state index in [2.05, 4.69) is 24.4 Å². The van der Waals surface area contributed by atoms with E-state index in [9.17, 15) is 9.59 Å². The van der Waals surface area contributed by atoms with Gasteiger partial charge in [0.25, 0.3) is 5.91 Å². The van der Waals surface area contributed by atoms with Crippen molar-refractivity contribution in [2.24, 2.45) is 5.73 Å². The molecule has 3 rings (SSSR count). The molecule has 1 aromatic heterocycles. The van der Waals surface area contributed by atoms with Gasteiger partial charge in [-0.3, -0.25) is 9.59 Å². The van der Waals surface area contributed by atoms with Gasteiger partial charge >= 0.3 is 0 Å². The SMILES string of the molecule is C[C@@H](CNC(=O)Cn1cc(C(N)=O)c2ccccc21)c1ccccc1. The first-order valence-electron chi connectivity index (χ1n) is 8.25. The second-order valence-electron chi connectivity index (χ2n) is 6.17. The van der Waals surface area contributed by atoms with E-state index < -0.39 is 5.91 Å². The predicted molar refractivity (Wildman–Crippen MR) is 98.3 cm³/mol. The van der Waals surface area contributed by atoms with Gasteiger partial charge in [0.05, 0.1) is 5.56 Å². The maximum atomic E-state index is 12.3. The molecule has 25 heavy (non-hydrogen) atoms. The molecule has 0 aliphatic heterocycles. The number of hydrogen-bond acceptors (Lipinski definition) is 2. The number of rotatable bonds is 6. The Hall–Kier alpha value is -3.08. The van der Waals surface area contributed by atoms with Crippen LogP contribution in [0.4, 0.5) is 0 Å². The van der Waals surface area contributed by atoms with Crippen LogP contribution in [-0.4, -0.2) is 22.9 Å². The van der Waals surface area contributed by atoms with Crippen LogP contribution in [0.3, 0.4) is 0 Å². The molecule has 0 saturated carbocycles. The molecule has 5 heteroatoms. The summed E-state index contributed by atoms with van der Waals surface area (Å²) in [5.74, 6) is -0.361. The zero-order chi connectivity index (χ0) is 17.8. The van der Waals surface area contributed by atoms with Crippen molar-refractivity contribution in [3.05, 3.63) is 71.9 Å². The molecule has 2 amide bonds. The van der Waals surface area contributed by atoms with Crippen LogP contribution in [0.5, 0.6) is 0 Å². The smallest absolute Gasteiger partial charge is 0.250 e. The molecule has 1 heterocycles. The third-order valence-electron chi connectivity index (χ3n) is 4.34. The molecule has 5 nitrogen and oxygen atoms in total. The van der Waals surface area contributed by atoms with Gasteiger partial charge in [-0.05, 0) is 17.5 Å². The Labute approximate surface area is 146 Å². The zero-order valence-corrected chi connectivity index (χ0v) is 14.1. The first kappa shape index (κ1) is 16.8. The number of primary amides is 1. The molecule has 0 radical (unpaired) electrons. The quantitative estimate of drug-likeness (QED) is 0.726. The minimum Gasteiger partial charge on any atom is -0.366 e. The molecule has 3 aromatic rings. The highest BCUT2D eigenvalue weighted by atomic mass is 16.2. The largest absolute Gasteiger partial charge is 0.366 e. The number of carbonyl (C=O) groups is 2. The summed E-state index contributed by atoms with van der Waals surface area (Å²) in [6, 6.07) is 17.5. The van der Waals surface area contributed by atoms with E-state index in [0.29, 0.717) is 12.1 Å². The van der Waals surface area contributed by atoms with Crippen molar-refractivity contribution in [1.82, 2.24) is 9.88 Å². The highest BCUT2D eigenvalue weighted by Crippen LogP contribution is 2.21. The van der Waals surface area contributed by atoms with Gasteiger partial charge in [-0.25, -0.2) is 0 Å². The molecule has 0 fully saturated rings. The van der Waals surface area contributed by atoms with E-state index in [1.807, 2.05) is 42.5 Å². The minimum absolute atomic E-state index is 0.0976. The molecular formula is C20H21N3O2. The van der Waals surface area contributed by atoms with Gasteiger partial charge in [0, 0.05) is 23.6 Å². The van der Waals surface area contributed by atoms with Gasteiger partial charge < -0.3 is 15.6 Å². The van der Waals surface area contributed by atoms with Crippen LogP contribution in [0.25, 0.3) is 10.9 Å². The second-order valence-corrected chi connectivity index (χ2v) is 6.17. The van der Waals surface area contributed by atoms with E-state index in [0.717, 1.165) is 10.9 Å². The second kappa shape index (κ2) is 7.21. The normalized spacial score (nSPS) is 12.0. The fourth-order valence-corrected chi connectivity index (χ4v) is 2.95. The third kappa shape index (κ3) is 3.71. The summed E-state index contributed by atoms with van der Waals surface area (Å²) in [4.78, 5) is 23.9. The van der Waals surface area contributed by atoms with E-state index >= 15 is 0 Å². The van der Waals surface area contributed by atoms with Gasteiger partial charge in [-0.15, -0.1) is 0 Å². The third-order valence-corrected chi connectivity index (χ3v) is 4.34. The van der Waals surface area contributed by atoms with Crippen molar-refractivity contribution in [2.75, 3.05) is 6.54 Å². The molecule has 1 atom stereocenters. The monoisotopic (exact) mass is 335 g/mol. The van der Waals surface area contributed by atoms with Crippen molar-refractivity contribution in [2.45, 2.75) is 19.4 Å². The number of hydrogen-bond donors (Lipinski definition) is 2. The Balaban J connectivity index is 1.69. The minimum atomic E-state index is -0.493. The van der Waals surface area contributed by atoms with Crippen LogP contribution in [0.1, 0.15) is 28.8 Å². The van der Waals surface area contributed by atoms with Crippen LogP contribution in [-0.2, 0) is 11.3 Å². The summed E-state index contributed by atoms with van der Waals surface area (Å²) < 4.78 is 1.76. The first-order valence-corrected chi connectivity index (χ1v) is 8.25. The first-order chi connectivity index (χ1) is 12.1. The number of fused-ring (bicyclic) bond motifs is 1. The molecule has 0 aliphatic rings. The van der Waals surface area contributed by atoms with E-state index in [1.54, 1.807) is 10.8 Å². The molecular weight excluding hydrogens is 314 g/mol. The molecule has 0 aliphatic carbocycles. The summed E-state index contributed by atoms with van der Waals surface area (Å²) in [6.07, 6.45) is 1.65. The van der Waals surface area contributed by atoms with Crippen LogP contribution in [0.2, 0.25) is 0 Å². The Bertz CT molecular complexity index is 900. The molecule has 3 N–H and O–H groups in total.